The van der Waals surface area contributed by atoms with Crippen LogP contribution in [0.2, 0.25) is 0 Å². The van der Waals surface area contributed by atoms with Crippen molar-refractivity contribution in [3.8, 4) is 5.75 Å². The number of ether oxygens (including phenoxy) is 1. The van der Waals surface area contributed by atoms with E-state index in [0.717, 1.165) is 24.4 Å². The van der Waals surface area contributed by atoms with Gasteiger partial charge in [-0.1, -0.05) is 6.07 Å². The van der Waals surface area contributed by atoms with Gasteiger partial charge in [0.15, 0.2) is 0 Å². The summed E-state index contributed by atoms with van der Waals surface area (Å²) in [6.07, 6.45) is -9.84. The van der Waals surface area contributed by atoms with Crippen molar-refractivity contribution in [2.75, 3.05) is 0 Å². The predicted molar refractivity (Wildman–Crippen MR) is 103 cm³/mol. The molecule has 0 radical (unpaired) electrons. The van der Waals surface area contributed by atoms with Crippen LogP contribution in [-0.2, 0) is 16.0 Å². The number of hydrogen-bond donors (Lipinski definition) is 1. The maximum absolute atomic E-state index is 15.4. The SMILES string of the molecule is O=C(N[C@H]1CC[C@@](F)(S(=O)(=O)c2cccc(OC(F)(F)F)c2)CC1)c1cncc(C(F)(F)F)c1. The van der Waals surface area contributed by atoms with E-state index in [2.05, 4.69) is 15.0 Å². The summed E-state index contributed by atoms with van der Waals surface area (Å²) < 4.78 is 120. The van der Waals surface area contributed by atoms with Gasteiger partial charge >= 0.3 is 12.5 Å². The van der Waals surface area contributed by atoms with Crippen LogP contribution in [0.25, 0.3) is 0 Å². The maximum Gasteiger partial charge on any atom is 0.573 e. The molecule has 6 nitrogen and oxygen atoms in total. The lowest BCUT2D eigenvalue weighted by molar-refractivity contribution is -0.274. The number of carbonyl (C=O) groups excluding carboxylic acids is 1. The third-order valence-electron chi connectivity index (χ3n) is 5.23. The summed E-state index contributed by atoms with van der Waals surface area (Å²) in [6.45, 7) is 0. The lowest BCUT2D eigenvalue weighted by Crippen LogP contribution is -2.45. The molecule has 0 aliphatic heterocycles. The van der Waals surface area contributed by atoms with E-state index in [4.69, 9.17) is 0 Å². The molecule has 1 N–H and O–H groups in total. The zero-order valence-corrected chi connectivity index (χ0v) is 17.9. The minimum atomic E-state index is -5.07. The molecular weight excluding hydrogens is 497 g/mol. The topological polar surface area (TPSA) is 85.4 Å². The fourth-order valence-corrected chi connectivity index (χ4v) is 5.22. The number of aromatic nitrogens is 1. The molecule has 0 unspecified atom stereocenters. The first-order valence-corrected chi connectivity index (χ1v) is 11.2. The molecule has 3 rings (SSSR count). The van der Waals surface area contributed by atoms with Gasteiger partial charge in [-0.2, -0.15) is 13.2 Å². The highest BCUT2D eigenvalue weighted by Crippen LogP contribution is 2.41. The molecule has 1 aliphatic rings. The number of nitrogens with one attached hydrogen (secondary N) is 1. The molecule has 0 saturated heterocycles. The molecule has 14 heteroatoms. The molecular formula is C20H17F7N2O4S. The van der Waals surface area contributed by atoms with E-state index in [-0.39, 0.29) is 18.4 Å². The normalized spacial score (nSPS) is 21.7. The zero-order valence-electron chi connectivity index (χ0n) is 17.1. The molecule has 34 heavy (non-hydrogen) atoms. The average molecular weight is 514 g/mol. The quantitative estimate of drug-likeness (QED) is 0.579. The predicted octanol–water partition coefficient (Wildman–Crippen LogP) is 4.81. The maximum atomic E-state index is 15.4. The molecule has 1 aromatic carbocycles. The van der Waals surface area contributed by atoms with Gasteiger partial charge in [-0.25, -0.2) is 12.8 Å². The van der Waals surface area contributed by atoms with Gasteiger partial charge in [0.05, 0.1) is 16.0 Å². The smallest absolute Gasteiger partial charge is 0.406 e. The monoisotopic (exact) mass is 514 g/mol. The summed E-state index contributed by atoms with van der Waals surface area (Å²) in [4.78, 5) is 15.0. The Labute approximate surface area is 189 Å². The average Bonchev–Trinajstić information content (AvgIpc) is 2.74. The van der Waals surface area contributed by atoms with E-state index in [1.54, 1.807) is 0 Å². The van der Waals surface area contributed by atoms with Gasteiger partial charge in [0.2, 0.25) is 14.8 Å². The lowest BCUT2D eigenvalue weighted by Gasteiger charge is -2.33. The van der Waals surface area contributed by atoms with Crippen molar-refractivity contribution in [2.24, 2.45) is 0 Å². The van der Waals surface area contributed by atoms with E-state index in [1.807, 2.05) is 0 Å². The second-order valence-corrected chi connectivity index (χ2v) is 9.83. The molecule has 1 aromatic heterocycles. The van der Waals surface area contributed by atoms with Gasteiger partial charge in [0.25, 0.3) is 5.91 Å². The Kier molecular flexibility index (Phi) is 6.84. The van der Waals surface area contributed by atoms with E-state index in [9.17, 15) is 39.6 Å². The number of benzene rings is 1. The number of amides is 1. The Balaban J connectivity index is 1.69. The number of pyridine rings is 1. The fourth-order valence-electron chi connectivity index (χ4n) is 3.50. The molecule has 0 bridgehead atoms. The second-order valence-electron chi connectivity index (χ2n) is 7.62. The van der Waals surface area contributed by atoms with Crippen LogP contribution in [0.15, 0.2) is 47.6 Å². The molecule has 0 atom stereocenters. The van der Waals surface area contributed by atoms with Crippen LogP contribution in [0.5, 0.6) is 5.75 Å². The van der Waals surface area contributed by atoms with Crippen molar-refractivity contribution in [3.05, 3.63) is 53.9 Å². The number of alkyl halides is 7. The molecule has 186 valence electrons. The van der Waals surface area contributed by atoms with Gasteiger partial charge in [-0.15, -0.1) is 13.2 Å². The number of carbonyl (C=O) groups is 1. The Morgan fingerprint density at radius 3 is 2.29 bits per heavy atom. The van der Waals surface area contributed by atoms with Crippen LogP contribution >= 0.6 is 0 Å². The Bertz CT molecular complexity index is 1160. The lowest BCUT2D eigenvalue weighted by atomic mass is 9.93. The number of halogens is 7. The number of rotatable bonds is 5. The molecule has 1 aliphatic carbocycles. The van der Waals surface area contributed by atoms with Crippen LogP contribution in [0.3, 0.4) is 0 Å². The minimum Gasteiger partial charge on any atom is -0.406 e. The summed E-state index contributed by atoms with van der Waals surface area (Å²) in [5, 5.41) is -0.392. The summed E-state index contributed by atoms with van der Waals surface area (Å²) >= 11 is 0. The molecule has 1 fully saturated rings. The van der Waals surface area contributed by atoms with Crippen molar-refractivity contribution in [1.29, 1.82) is 0 Å². The van der Waals surface area contributed by atoms with Crippen LogP contribution in [0.4, 0.5) is 30.7 Å². The summed E-state index contributed by atoms with van der Waals surface area (Å²) in [6, 6.07) is 3.22. The van der Waals surface area contributed by atoms with Crippen molar-refractivity contribution < 1.29 is 48.7 Å². The number of nitrogens with zero attached hydrogens (tertiary/aromatic N) is 1. The third kappa shape index (κ3) is 5.77. The first kappa shape index (κ1) is 25.7. The second kappa shape index (κ2) is 9.04. The van der Waals surface area contributed by atoms with Crippen molar-refractivity contribution in [2.45, 2.75) is 54.2 Å². The highest BCUT2D eigenvalue weighted by atomic mass is 32.2. The molecule has 2 aromatic rings. The zero-order chi connectivity index (χ0) is 25.4. The first-order chi connectivity index (χ1) is 15.6. The van der Waals surface area contributed by atoms with E-state index in [0.29, 0.717) is 18.3 Å². The minimum absolute atomic E-state index is 0.174. The van der Waals surface area contributed by atoms with Gasteiger partial charge in [-0.3, -0.25) is 9.78 Å². The summed E-state index contributed by atoms with van der Waals surface area (Å²) in [5.74, 6) is -1.72. The van der Waals surface area contributed by atoms with Crippen molar-refractivity contribution >= 4 is 15.7 Å². The fraction of sp³-hybridized carbons (Fsp3) is 0.400. The van der Waals surface area contributed by atoms with E-state index < -0.39 is 68.4 Å². The highest BCUT2D eigenvalue weighted by Gasteiger charge is 2.48. The van der Waals surface area contributed by atoms with Crippen LogP contribution in [0, 0.1) is 0 Å². The standard InChI is InChI=1S/C20H17F7N2O4S/c21-18(34(31,32)16-3-1-2-15(9-16)33-20(25,26)27)6-4-14(5-7-18)29-17(30)12-8-13(11-28-10-12)19(22,23)24/h1-3,8-11,14H,4-7H2,(H,29,30)/t14-,18+. The summed E-state index contributed by atoms with van der Waals surface area (Å²) in [5.41, 5.74) is -1.50. The van der Waals surface area contributed by atoms with Crippen molar-refractivity contribution in [1.82, 2.24) is 10.3 Å². The largest absolute Gasteiger partial charge is 0.573 e. The van der Waals surface area contributed by atoms with Gasteiger partial charge in [0.1, 0.15) is 5.75 Å². The van der Waals surface area contributed by atoms with Crippen LogP contribution in [0.1, 0.15) is 41.6 Å². The van der Waals surface area contributed by atoms with Crippen molar-refractivity contribution in [3.63, 3.8) is 0 Å². The Morgan fingerprint density at radius 2 is 1.71 bits per heavy atom. The molecule has 0 spiro atoms. The number of hydrogen-bond acceptors (Lipinski definition) is 5. The Morgan fingerprint density at radius 1 is 1.06 bits per heavy atom. The van der Waals surface area contributed by atoms with Gasteiger partial charge < -0.3 is 10.1 Å². The van der Waals surface area contributed by atoms with E-state index in [1.165, 1.54) is 0 Å². The molecule has 1 saturated carbocycles. The number of sulfone groups is 1. The van der Waals surface area contributed by atoms with Gasteiger partial charge in [-0.05, 0) is 49.9 Å². The molecule has 1 heterocycles. The van der Waals surface area contributed by atoms with E-state index >= 15 is 4.39 Å². The van der Waals surface area contributed by atoms with Crippen LogP contribution < -0.4 is 10.1 Å². The Hall–Kier alpha value is -2.90. The first-order valence-electron chi connectivity index (χ1n) is 9.73. The summed E-state index contributed by atoms with van der Waals surface area (Å²) in [7, 11) is -4.73. The highest BCUT2D eigenvalue weighted by molar-refractivity contribution is 7.92. The van der Waals surface area contributed by atoms with Gasteiger partial charge in [0, 0.05) is 18.4 Å². The van der Waals surface area contributed by atoms with Crippen LogP contribution in [-0.4, -0.2) is 36.7 Å². The molecule has 1 amide bonds. The third-order valence-corrected chi connectivity index (χ3v) is 7.47.